The number of aromatic amines is 1. The number of aryl methyl sites for hydroxylation is 1. The molecule has 4 fully saturated rings. The number of fused-ring (bicyclic) bond motifs is 6. The number of rotatable bonds is 31. The van der Waals surface area contributed by atoms with Gasteiger partial charge in [-0.05, 0) is 132 Å². The maximum absolute atomic E-state index is 14.9. The Morgan fingerprint density at radius 1 is 0.735 bits per heavy atom. The Morgan fingerprint density at radius 3 is 2.20 bits per heavy atom. The highest BCUT2D eigenvalue weighted by Crippen LogP contribution is 2.40. The Labute approximate surface area is 770 Å². The van der Waals surface area contributed by atoms with Crippen molar-refractivity contribution >= 4 is 86.9 Å². The third kappa shape index (κ3) is 26.8. The molecule has 3 saturated heterocycles. The summed E-state index contributed by atoms with van der Waals surface area (Å²) in [5.74, 6) is -7.74. The molecule has 0 unspecified atom stereocenters. The van der Waals surface area contributed by atoms with Gasteiger partial charge >= 0.3 is 12.1 Å². The number of carbonyl (C=O) groups excluding carboxylic acids is 8. The molecule has 2 bridgehead atoms. The molecule has 6 aliphatic rings. The average Bonchev–Trinajstić information content (AvgIpc) is 1.57. The summed E-state index contributed by atoms with van der Waals surface area (Å²) < 4.78 is 60.9. The van der Waals surface area contributed by atoms with Gasteiger partial charge in [-0.2, -0.15) is 5.10 Å². The number of cyclic esters (lactones) is 1. The molecule has 15 atom stereocenters. The van der Waals surface area contributed by atoms with Crippen molar-refractivity contribution in [3.05, 3.63) is 114 Å². The van der Waals surface area contributed by atoms with Crippen LogP contribution in [0.15, 0.2) is 97.0 Å². The fourth-order valence-electron chi connectivity index (χ4n) is 18.2. The van der Waals surface area contributed by atoms with Gasteiger partial charge in [-0.1, -0.05) is 71.1 Å². The van der Waals surface area contributed by atoms with Gasteiger partial charge in [0.25, 0.3) is 17.6 Å². The maximum Gasteiger partial charge on any atom is 0.410 e. The van der Waals surface area contributed by atoms with Gasteiger partial charge in [0.2, 0.25) is 23.6 Å². The highest BCUT2D eigenvalue weighted by Gasteiger charge is 2.53. The lowest BCUT2D eigenvalue weighted by molar-refractivity contribution is -0.265. The van der Waals surface area contributed by atoms with E-state index in [9.17, 15) is 48.6 Å². The number of amides is 4. The summed E-state index contributed by atoms with van der Waals surface area (Å²) in [7, 11) is 4.52. The number of esters is 1. The first-order valence-corrected chi connectivity index (χ1v) is 46.6. The molecule has 37 heteroatoms. The number of H-pyrrole nitrogens is 1. The minimum Gasteiger partial charge on any atom is -0.460 e. The van der Waals surface area contributed by atoms with Crippen LogP contribution in [0.4, 0.5) is 22.5 Å². The van der Waals surface area contributed by atoms with Gasteiger partial charge in [0.15, 0.2) is 11.4 Å². The highest BCUT2D eigenvalue weighted by atomic mass is 16.6. The number of nitrogens with two attached hydrogens (primary N) is 1. The summed E-state index contributed by atoms with van der Waals surface area (Å²) in [5.41, 5.74) is 12.4. The number of methoxy groups -OCH3 is 3. The SMILES string of the molecule is CO[C@H]1C[C@@H]2CC[C@@H](C)[C@@](O)(O2)C(=O)C(=O)N2CCCC[C@H]2C(=O)O[C@H]([C@H](C)C[C@@H]2CC[C@@H](OC(=O)N3CCc4nc(N5CCN(c6ncc(C(=O)NCCOCCOCCOCCOCCC(=O)NCCCCn7nc(-c8cnc9[nH]ccc9c8)c8c(N)ncnc87)cn6)CC5)ncc4C3)[C@H](OC)C2)CC(=O)[C@H](C)/C=C(\C)[C@@H](O)[C@@H](OC)C(=O)[C@H](C)C[C@H](C)/C=C/C=C/C=C/1C. The van der Waals surface area contributed by atoms with E-state index < -0.39 is 102 Å². The lowest BCUT2D eigenvalue weighted by Gasteiger charge is -2.42. The van der Waals surface area contributed by atoms with Crippen molar-refractivity contribution < 1.29 is 95.9 Å². The number of aromatic nitrogens is 10. The Balaban J connectivity index is 0.538. The van der Waals surface area contributed by atoms with Gasteiger partial charge < -0.3 is 98.5 Å². The second kappa shape index (κ2) is 49.0. The normalized spacial score (nSPS) is 27.1. The van der Waals surface area contributed by atoms with E-state index >= 15 is 0 Å². The number of aliphatic hydroxyl groups excluding tert-OH is 1. The molecule has 6 aromatic heterocycles. The molecule has 5 aliphatic heterocycles. The van der Waals surface area contributed by atoms with Crippen LogP contribution < -0.4 is 26.2 Å². The fraction of sp³-hybridized carbons (Fsp3) is 0.621. The van der Waals surface area contributed by atoms with Crippen LogP contribution in [-0.2, 0) is 95.6 Å². The number of piperazine rings is 1. The van der Waals surface area contributed by atoms with Crippen molar-refractivity contribution in [2.24, 2.45) is 35.5 Å². The van der Waals surface area contributed by atoms with Gasteiger partial charge in [0, 0.05) is 171 Å². The Hall–Kier alpha value is -10.5. The van der Waals surface area contributed by atoms with Crippen LogP contribution >= 0.6 is 0 Å². The molecular formula is C95H133N17O20. The van der Waals surface area contributed by atoms with Crippen LogP contribution in [0.25, 0.3) is 33.3 Å². The third-order valence-corrected chi connectivity index (χ3v) is 26.1. The maximum atomic E-state index is 14.9. The molecule has 11 heterocycles. The van der Waals surface area contributed by atoms with Crippen molar-refractivity contribution in [1.82, 2.24) is 70.1 Å². The molecular weight excluding hydrogens is 1700 g/mol. The van der Waals surface area contributed by atoms with E-state index in [4.69, 9.17) is 68.2 Å². The smallest absolute Gasteiger partial charge is 0.410 e. The number of Topliss-reactive ketones (excluding diaryl/α,β-unsaturated/α-hetero) is 3. The monoisotopic (exact) mass is 1830 g/mol. The number of nitrogens with zero attached hydrogens (tertiary/aromatic N) is 13. The van der Waals surface area contributed by atoms with E-state index in [1.807, 2.05) is 79.1 Å². The number of piperidine rings is 1. The number of ether oxygens (including phenoxy) is 10. The first-order valence-electron chi connectivity index (χ1n) is 46.6. The molecule has 12 rings (SSSR count). The van der Waals surface area contributed by atoms with Crippen LogP contribution in [0.5, 0.6) is 0 Å². The van der Waals surface area contributed by atoms with Crippen LogP contribution in [-0.4, -0.2) is 298 Å². The van der Waals surface area contributed by atoms with Crippen LogP contribution in [0.3, 0.4) is 0 Å². The zero-order chi connectivity index (χ0) is 94.0. The largest absolute Gasteiger partial charge is 0.460 e. The number of pyridine rings is 1. The molecule has 132 heavy (non-hydrogen) atoms. The molecule has 0 spiro atoms. The van der Waals surface area contributed by atoms with E-state index in [1.54, 1.807) is 65.3 Å². The van der Waals surface area contributed by atoms with Gasteiger partial charge in [-0.3, -0.25) is 28.8 Å². The molecule has 718 valence electrons. The number of hydrogen-bond donors (Lipinski definition) is 6. The second-order valence-electron chi connectivity index (χ2n) is 35.7. The summed E-state index contributed by atoms with van der Waals surface area (Å²) >= 11 is 0. The molecule has 0 aromatic carbocycles. The van der Waals surface area contributed by atoms with Crippen LogP contribution in [0.2, 0.25) is 0 Å². The van der Waals surface area contributed by atoms with Gasteiger partial charge in [0.05, 0.1) is 94.4 Å². The summed E-state index contributed by atoms with van der Waals surface area (Å²) in [5, 5.41) is 36.2. The number of unbranched alkanes of at least 4 members (excludes halogenated alkanes) is 1. The number of nitrogens with one attached hydrogen (secondary N) is 3. The van der Waals surface area contributed by atoms with Crippen LogP contribution in [0, 0.1) is 35.5 Å². The molecule has 1 saturated carbocycles. The molecule has 37 nitrogen and oxygen atoms in total. The summed E-state index contributed by atoms with van der Waals surface area (Å²) in [6, 6.07) is 2.73. The summed E-state index contributed by atoms with van der Waals surface area (Å²) in [4.78, 5) is 154. The first-order chi connectivity index (χ1) is 63.7. The standard InChI is InChI=1S/C95H133N17O20/c1-59-18-12-11-13-19-60(2)76(123-8)51-71-23-21-65(7)95(122,132-71)85(117)90(119)111-31-16-14-20-73(111)91(120)130-77(52-74(113)61(3)47-64(6)83(116)84(125-10)82(115)63(5)46-59)62(4)48-66-22-24-75(78(49-66)124-9)131-94(121)110-33-26-72-70(57-110)56-103-93(106-72)109-36-34-108(35-37-109)92-101-54-69(55-102-92)89(118)99-30-39-127-41-43-129-45-44-128-42-40-126-38-27-79(114)97-28-15-17-32-112-88-80(86(96)104-58-105-88)81(107-112)68-50-67-25-29-98-87(67)100-53-68/h11-13,18-19,25,29,47,50,53-56,58-59,61-63,65-66,71,73,75-78,83-84,116,122H,14-17,20-24,26-28,30-46,48-49,51-52,57H2,1-10H3,(H,97,114)(H,98,100)(H,99,118)(H2,96,104,105)/b13-11+,18-12+,60-19+,64-47+/t59-,61-,62-,63-,65-,66+,71+,73+,75-,76+,77+,78-,83-,84+,95-/m1/s1. The number of ketones is 3. The van der Waals surface area contributed by atoms with Gasteiger partial charge in [-0.25, -0.2) is 49.2 Å². The summed E-state index contributed by atoms with van der Waals surface area (Å²) in [6.45, 7) is 19.6. The first kappa shape index (κ1) is 101. The van der Waals surface area contributed by atoms with E-state index in [0.29, 0.717) is 195 Å². The summed E-state index contributed by atoms with van der Waals surface area (Å²) in [6.07, 6.45) is 21.4. The van der Waals surface area contributed by atoms with Crippen molar-refractivity contribution in [2.75, 3.05) is 142 Å². The van der Waals surface area contributed by atoms with Gasteiger partial charge in [0.1, 0.15) is 59.7 Å². The number of aliphatic hydroxyl groups is 2. The van der Waals surface area contributed by atoms with E-state index in [2.05, 4.69) is 45.4 Å². The van der Waals surface area contributed by atoms with Crippen molar-refractivity contribution in [3.8, 4) is 11.3 Å². The topological polar surface area (TPSA) is 456 Å². The van der Waals surface area contributed by atoms with Crippen molar-refractivity contribution in [3.63, 3.8) is 0 Å². The predicted octanol–water partition coefficient (Wildman–Crippen LogP) is 8.34. The average molecular weight is 1830 g/mol. The van der Waals surface area contributed by atoms with Crippen molar-refractivity contribution in [2.45, 2.75) is 219 Å². The third-order valence-electron chi connectivity index (χ3n) is 26.1. The van der Waals surface area contributed by atoms with Crippen molar-refractivity contribution in [1.29, 1.82) is 0 Å². The van der Waals surface area contributed by atoms with E-state index in [0.717, 1.165) is 46.3 Å². The molecule has 6 aromatic rings. The Morgan fingerprint density at radius 2 is 1.46 bits per heavy atom. The number of allylic oxidation sites excluding steroid dienone is 6. The lowest BCUT2D eigenvalue weighted by Crippen LogP contribution is -2.61. The fourth-order valence-corrected chi connectivity index (χ4v) is 18.2. The Kier molecular flexibility index (Phi) is 37.3. The van der Waals surface area contributed by atoms with E-state index in [-0.39, 0.29) is 93.7 Å². The number of nitrogen functional groups attached to an aromatic ring is 1. The zero-order valence-corrected chi connectivity index (χ0v) is 77.8. The molecule has 0 radical (unpaired) electrons. The lowest BCUT2D eigenvalue weighted by atomic mass is 9.78. The van der Waals surface area contributed by atoms with E-state index in [1.165, 1.54) is 30.7 Å². The number of carbonyl (C=O) groups is 8. The minimum absolute atomic E-state index is 0.0243. The molecule has 4 amide bonds. The minimum atomic E-state index is -2.49. The molecule has 7 N–H and O–H groups in total. The number of anilines is 3. The van der Waals surface area contributed by atoms with Gasteiger partial charge in [-0.15, -0.1) is 0 Å². The quantitative estimate of drug-likeness (QED) is 0.0103. The second-order valence-corrected chi connectivity index (χ2v) is 35.7. The number of hydrogen-bond acceptors (Lipinski definition) is 31. The highest BCUT2D eigenvalue weighted by molar-refractivity contribution is 6.39. The zero-order valence-electron chi connectivity index (χ0n) is 77.8. The van der Waals surface area contributed by atoms with Crippen LogP contribution in [0.1, 0.15) is 166 Å². The Bertz CT molecular complexity index is 5000. The predicted molar refractivity (Wildman–Crippen MR) is 489 cm³/mol. The molecule has 1 aliphatic carbocycles.